The number of fused-ring (bicyclic) bond motifs is 2. The Hall–Kier alpha value is -3.18. The van der Waals surface area contributed by atoms with Gasteiger partial charge in [0.1, 0.15) is 17.9 Å². The number of carbonyl (C=O) groups is 2. The largest absolute Gasteiger partial charge is 0.496 e. The molecule has 240 valence electrons. The number of carbonyl (C=O) groups excluding carboxylic acids is 1. The fourth-order valence-electron chi connectivity index (χ4n) is 7.98. The number of hydrogen-bond donors (Lipinski definition) is 4. The van der Waals surface area contributed by atoms with Crippen molar-refractivity contribution in [2.45, 2.75) is 71.4 Å². The summed E-state index contributed by atoms with van der Waals surface area (Å²) in [6, 6.07) is 9.92. The van der Waals surface area contributed by atoms with Gasteiger partial charge in [-0.2, -0.15) is 5.06 Å². The molecule has 2 bridgehead atoms. The van der Waals surface area contributed by atoms with Crippen LogP contribution in [0, 0.1) is 29.1 Å². The van der Waals surface area contributed by atoms with Crippen LogP contribution in [0.1, 0.15) is 56.5 Å². The molecule has 3 saturated carbocycles. The molecule has 1 amide bonds. The third-order valence-electron chi connectivity index (χ3n) is 10.7. The molecule has 4 N–H and O–H groups in total. The van der Waals surface area contributed by atoms with Crippen LogP contribution in [-0.2, 0) is 16.2 Å². The number of ether oxygens (including phenoxy) is 1. The average molecular weight is 610 g/mol. The number of aliphatic hydroxyl groups is 2. The number of nitrogens with one attached hydrogen (secondary N) is 1. The van der Waals surface area contributed by atoms with Crippen LogP contribution in [0.15, 0.2) is 36.4 Å². The van der Waals surface area contributed by atoms with E-state index in [4.69, 9.17) is 9.57 Å². The van der Waals surface area contributed by atoms with E-state index >= 15 is 0 Å². The highest BCUT2D eigenvalue weighted by Crippen LogP contribution is 2.61. The maximum Gasteiger partial charge on any atom is 0.335 e. The molecule has 44 heavy (non-hydrogen) atoms. The molecule has 10 heteroatoms. The number of methoxy groups -OCH3 is 1. The maximum atomic E-state index is 14.0. The molecule has 0 aromatic heterocycles. The lowest BCUT2D eigenvalue weighted by Crippen LogP contribution is -2.62. The number of anilines is 1. The van der Waals surface area contributed by atoms with Gasteiger partial charge < -0.3 is 30.3 Å². The second-order valence-electron chi connectivity index (χ2n) is 13.7. The Morgan fingerprint density at radius 1 is 1.20 bits per heavy atom. The highest BCUT2D eigenvalue weighted by atomic mass is 16.7. The summed E-state index contributed by atoms with van der Waals surface area (Å²) in [5, 5.41) is 35.6. The molecule has 1 aliphatic heterocycles. The van der Waals surface area contributed by atoms with Crippen molar-refractivity contribution < 1.29 is 34.5 Å². The van der Waals surface area contributed by atoms with Gasteiger partial charge in [-0.05, 0) is 66.7 Å². The van der Waals surface area contributed by atoms with Crippen molar-refractivity contribution in [1.82, 2.24) is 10.4 Å². The number of aliphatic hydroxyl groups excluding tert-OH is 2. The second kappa shape index (κ2) is 12.3. The van der Waals surface area contributed by atoms with Gasteiger partial charge in [0.2, 0.25) is 5.91 Å². The van der Waals surface area contributed by atoms with Crippen LogP contribution in [0.2, 0.25) is 0 Å². The van der Waals surface area contributed by atoms with Crippen LogP contribution in [0.25, 0.3) is 11.1 Å². The van der Waals surface area contributed by atoms with E-state index in [1.54, 1.807) is 31.2 Å². The zero-order valence-corrected chi connectivity index (χ0v) is 26.8. The number of benzene rings is 2. The van der Waals surface area contributed by atoms with Crippen LogP contribution >= 0.6 is 0 Å². The first-order chi connectivity index (χ1) is 20.8. The summed E-state index contributed by atoms with van der Waals surface area (Å²) in [5.41, 5.74) is 3.25. The molecule has 2 aromatic carbocycles. The number of carboxylic acid groups (broad SMARTS) is 1. The van der Waals surface area contributed by atoms with Crippen molar-refractivity contribution in [3.8, 4) is 16.9 Å². The van der Waals surface area contributed by atoms with Gasteiger partial charge in [-0.15, -0.1) is 0 Å². The van der Waals surface area contributed by atoms with Gasteiger partial charge in [-0.3, -0.25) is 9.63 Å². The van der Waals surface area contributed by atoms with E-state index < -0.39 is 30.1 Å². The quantitative estimate of drug-likeness (QED) is 0.318. The first-order valence-electron chi connectivity index (χ1n) is 15.5. The first-order valence-corrected chi connectivity index (χ1v) is 15.5. The molecule has 0 unspecified atom stereocenters. The molecule has 3 aliphatic carbocycles. The van der Waals surface area contributed by atoms with E-state index in [1.165, 1.54) is 6.42 Å². The molecular weight excluding hydrogens is 562 g/mol. The Morgan fingerprint density at radius 2 is 1.93 bits per heavy atom. The molecule has 4 fully saturated rings. The van der Waals surface area contributed by atoms with Crippen LogP contribution in [0.3, 0.4) is 0 Å². The lowest BCUT2D eigenvalue weighted by Gasteiger charge is -2.62. The van der Waals surface area contributed by atoms with E-state index in [-0.39, 0.29) is 36.1 Å². The van der Waals surface area contributed by atoms with Gasteiger partial charge in [-0.1, -0.05) is 39.0 Å². The molecule has 4 aliphatic rings. The predicted octanol–water partition coefficient (Wildman–Crippen LogP) is 3.79. The van der Waals surface area contributed by atoms with Crippen molar-refractivity contribution in [3.63, 3.8) is 0 Å². The highest BCUT2D eigenvalue weighted by molar-refractivity contribution is 5.92. The zero-order valence-electron chi connectivity index (χ0n) is 26.8. The van der Waals surface area contributed by atoms with Gasteiger partial charge in [0, 0.05) is 42.9 Å². The standard InChI is InChI=1S/C34H47N3O7/c1-18-26-14-23(34(26,3)4)15-27(18)35-32(40)30-29(19(2)39)28(17-38)44-37(30)16-20-9-8-10-25(31(20)43-7)21-11-22(33(41)42)13-24(12-21)36(5)6/h8-13,18-19,23,26-30,38-39H,14-17H2,1-7H3,(H,35,40)(H,41,42)/t18-,19-,23+,26-,27-,28-,29-,30-/m0/s1. The summed E-state index contributed by atoms with van der Waals surface area (Å²) in [5.74, 6) is 0.0844. The van der Waals surface area contributed by atoms with Crippen molar-refractivity contribution in [2.75, 3.05) is 32.7 Å². The van der Waals surface area contributed by atoms with E-state index in [2.05, 4.69) is 26.1 Å². The lowest BCUT2D eigenvalue weighted by atomic mass is 9.45. The SMILES string of the molecule is COc1c(CN2O[C@@H](CO)[C@H]([C@H](C)O)[C@H]2C(=O)N[C@H]2C[C@H]3C[C@@H]([C@@H]2C)C3(C)C)cccc1-c1cc(C(=O)O)cc(N(C)C)c1. The molecule has 8 atom stereocenters. The third kappa shape index (κ3) is 5.69. The second-order valence-corrected chi connectivity index (χ2v) is 13.7. The Morgan fingerprint density at radius 3 is 2.50 bits per heavy atom. The van der Waals surface area contributed by atoms with Crippen LogP contribution in [-0.4, -0.2) is 84.4 Å². The van der Waals surface area contributed by atoms with Crippen LogP contribution in [0.4, 0.5) is 5.69 Å². The normalized spacial score (nSPS) is 29.9. The molecule has 1 saturated heterocycles. The number of aromatic carboxylic acids is 1. The van der Waals surface area contributed by atoms with E-state index in [0.717, 1.165) is 12.1 Å². The van der Waals surface area contributed by atoms with Gasteiger partial charge in [-0.25, -0.2) is 4.79 Å². The van der Waals surface area contributed by atoms with E-state index in [1.807, 2.05) is 43.3 Å². The van der Waals surface area contributed by atoms with Gasteiger partial charge in [0.05, 0.1) is 31.9 Å². The Kier molecular flexibility index (Phi) is 9.01. The number of hydrogen-bond acceptors (Lipinski definition) is 8. The van der Waals surface area contributed by atoms with Crippen LogP contribution < -0.4 is 15.0 Å². The number of hydroxylamine groups is 2. The first kappa shape index (κ1) is 32.2. The van der Waals surface area contributed by atoms with E-state index in [9.17, 15) is 24.9 Å². The van der Waals surface area contributed by atoms with Crippen molar-refractivity contribution in [2.24, 2.45) is 29.1 Å². The van der Waals surface area contributed by atoms with Crippen molar-refractivity contribution >= 4 is 17.6 Å². The fraction of sp³-hybridized carbons (Fsp3) is 0.588. The third-order valence-corrected chi connectivity index (χ3v) is 10.7. The van der Waals surface area contributed by atoms with Gasteiger partial charge in [0.15, 0.2) is 0 Å². The summed E-state index contributed by atoms with van der Waals surface area (Å²) in [7, 11) is 5.25. The Balaban J connectivity index is 1.46. The minimum atomic E-state index is -1.03. The molecule has 2 aromatic rings. The topological polar surface area (TPSA) is 132 Å². The minimum absolute atomic E-state index is 0.0363. The number of amides is 1. The van der Waals surface area contributed by atoms with E-state index in [0.29, 0.717) is 40.2 Å². The molecule has 0 radical (unpaired) electrons. The number of rotatable bonds is 10. The number of nitrogens with zero attached hydrogens (tertiary/aromatic N) is 2. The average Bonchev–Trinajstić information content (AvgIpc) is 3.36. The van der Waals surface area contributed by atoms with Gasteiger partial charge in [0.25, 0.3) is 0 Å². The van der Waals surface area contributed by atoms with Gasteiger partial charge >= 0.3 is 5.97 Å². The Labute approximate surface area is 259 Å². The molecule has 6 rings (SSSR count). The highest BCUT2D eigenvalue weighted by Gasteiger charge is 2.57. The Bertz CT molecular complexity index is 1390. The lowest BCUT2D eigenvalue weighted by molar-refractivity contribution is -0.183. The summed E-state index contributed by atoms with van der Waals surface area (Å²) in [6.07, 6.45) is 0.461. The number of carboxylic acids is 1. The summed E-state index contributed by atoms with van der Waals surface area (Å²) in [4.78, 5) is 34.0. The van der Waals surface area contributed by atoms with Crippen LogP contribution in [0.5, 0.6) is 5.75 Å². The molecule has 10 nitrogen and oxygen atoms in total. The smallest absolute Gasteiger partial charge is 0.335 e. The zero-order chi connectivity index (χ0) is 32.1. The van der Waals surface area contributed by atoms with Crippen molar-refractivity contribution in [1.29, 1.82) is 0 Å². The summed E-state index contributed by atoms with van der Waals surface area (Å²) in [6.45, 7) is 8.29. The fourth-order valence-corrected chi connectivity index (χ4v) is 7.98. The predicted molar refractivity (Wildman–Crippen MR) is 167 cm³/mol. The molecule has 0 spiro atoms. The maximum absolute atomic E-state index is 14.0. The monoisotopic (exact) mass is 609 g/mol. The molecular formula is C34H47N3O7. The summed E-state index contributed by atoms with van der Waals surface area (Å²) >= 11 is 0. The van der Waals surface area contributed by atoms with Crippen molar-refractivity contribution in [3.05, 3.63) is 47.5 Å². The number of para-hydroxylation sites is 1. The minimum Gasteiger partial charge on any atom is -0.496 e. The summed E-state index contributed by atoms with van der Waals surface area (Å²) < 4.78 is 5.89. The molecule has 1 heterocycles.